The molecule has 1 aromatic rings. The van der Waals surface area contributed by atoms with Crippen LogP contribution < -0.4 is 14.9 Å². The van der Waals surface area contributed by atoms with E-state index in [4.69, 9.17) is 0 Å². The molecule has 2 rings (SSSR count). The van der Waals surface area contributed by atoms with Crippen molar-refractivity contribution in [1.82, 2.24) is 4.57 Å². The van der Waals surface area contributed by atoms with Gasteiger partial charge in [-0.05, 0) is 12.3 Å². The summed E-state index contributed by atoms with van der Waals surface area (Å²) in [5, 5.41) is 0. The first-order valence-corrected chi connectivity index (χ1v) is 5.76. The first-order valence-electron chi connectivity index (χ1n) is 4.94. The standard InChI is InChI=1S/C10H14N2OS/c1-7(2)6-8-9-11-4-3-5-12(9)10(13)14-8/h6-7H,3-5H2,1-2H3. The van der Waals surface area contributed by atoms with Gasteiger partial charge in [-0.15, -0.1) is 0 Å². The van der Waals surface area contributed by atoms with E-state index >= 15 is 0 Å². The highest BCUT2D eigenvalue weighted by molar-refractivity contribution is 7.07. The van der Waals surface area contributed by atoms with Crippen molar-refractivity contribution < 1.29 is 0 Å². The van der Waals surface area contributed by atoms with Crippen molar-refractivity contribution in [3.8, 4) is 0 Å². The third-order valence-electron chi connectivity index (χ3n) is 2.18. The lowest BCUT2D eigenvalue weighted by molar-refractivity contribution is 0.567. The van der Waals surface area contributed by atoms with E-state index in [9.17, 15) is 4.79 Å². The second-order valence-corrected chi connectivity index (χ2v) is 4.85. The van der Waals surface area contributed by atoms with E-state index < -0.39 is 0 Å². The van der Waals surface area contributed by atoms with Gasteiger partial charge in [0.2, 0.25) is 0 Å². The van der Waals surface area contributed by atoms with Crippen LogP contribution in [-0.4, -0.2) is 11.1 Å². The van der Waals surface area contributed by atoms with Crippen molar-refractivity contribution in [2.45, 2.75) is 26.8 Å². The van der Waals surface area contributed by atoms with Gasteiger partial charge >= 0.3 is 4.87 Å². The number of hydrogen-bond donors (Lipinski definition) is 0. The van der Waals surface area contributed by atoms with Gasteiger partial charge in [0.05, 0.1) is 4.53 Å². The number of fused-ring (bicyclic) bond motifs is 1. The fourth-order valence-electron chi connectivity index (χ4n) is 1.60. The topological polar surface area (TPSA) is 34.4 Å². The number of nitrogens with zero attached hydrogens (tertiary/aromatic N) is 2. The van der Waals surface area contributed by atoms with Crippen LogP contribution in [0.25, 0.3) is 6.08 Å². The molecule has 1 aromatic heterocycles. The molecule has 3 nitrogen and oxygen atoms in total. The third-order valence-corrected chi connectivity index (χ3v) is 3.11. The van der Waals surface area contributed by atoms with E-state index in [-0.39, 0.29) is 4.87 Å². The Morgan fingerprint density at radius 2 is 2.36 bits per heavy atom. The van der Waals surface area contributed by atoms with Crippen molar-refractivity contribution >= 4 is 17.4 Å². The van der Waals surface area contributed by atoms with Crippen LogP contribution in [0.4, 0.5) is 0 Å². The lowest BCUT2D eigenvalue weighted by Gasteiger charge is -2.04. The van der Waals surface area contributed by atoms with E-state index in [0.29, 0.717) is 5.92 Å². The molecule has 0 spiro atoms. The highest BCUT2D eigenvalue weighted by Gasteiger charge is 2.08. The zero-order chi connectivity index (χ0) is 10.1. The second kappa shape index (κ2) is 3.69. The molecule has 0 atom stereocenters. The quantitative estimate of drug-likeness (QED) is 0.659. The lowest BCUT2D eigenvalue weighted by atomic mass is 10.2. The summed E-state index contributed by atoms with van der Waals surface area (Å²) in [6.07, 6.45) is 3.11. The summed E-state index contributed by atoms with van der Waals surface area (Å²) in [4.78, 5) is 16.1. The maximum atomic E-state index is 11.6. The summed E-state index contributed by atoms with van der Waals surface area (Å²) in [7, 11) is 0. The molecule has 0 aliphatic carbocycles. The predicted molar refractivity (Wildman–Crippen MR) is 58.1 cm³/mol. The zero-order valence-corrected chi connectivity index (χ0v) is 9.30. The minimum atomic E-state index is 0.135. The summed E-state index contributed by atoms with van der Waals surface area (Å²) in [6.45, 7) is 5.92. The molecular weight excluding hydrogens is 196 g/mol. The Bertz CT molecular complexity index is 495. The second-order valence-electron chi connectivity index (χ2n) is 3.85. The first kappa shape index (κ1) is 9.65. The maximum Gasteiger partial charge on any atom is 0.309 e. The summed E-state index contributed by atoms with van der Waals surface area (Å²) in [6, 6.07) is 0. The molecule has 4 heteroatoms. The van der Waals surface area contributed by atoms with Gasteiger partial charge in [-0.25, -0.2) is 0 Å². The van der Waals surface area contributed by atoms with Crippen LogP contribution in [-0.2, 0) is 6.54 Å². The van der Waals surface area contributed by atoms with Gasteiger partial charge in [-0.3, -0.25) is 14.4 Å². The Balaban J connectivity index is 2.72. The number of aromatic nitrogens is 1. The van der Waals surface area contributed by atoms with E-state index in [2.05, 4.69) is 24.9 Å². The van der Waals surface area contributed by atoms with Crippen LogP contribution in [0.1, 0.15) is 20.3 Å². The average molecular weight is 210 g/mol. The molecule has 2 heterocycles. The molecule has 76 valence electrons. The Morgan fingerprint density at radius 1 is 1.57 bits per heavy atom. The van der Waals surface area contributed by atoms with E-state index in [1.54, 1.807) is 4.57 Å². The van der Waals surface area contributed by atoms with Crippen molar-refractivity contribution in [3.63, 3.8) is 0 Å². The highest BCUT2D eigenvalue weighted by Crippen LogP contribution is 1.94. The summed E-state index contributed by atoms with van der Waals surface area (Å²) in [5.41, 5.74) is 0.903. The monoisotopic (exact) mass is 210 g/mol. The molecule has 1 aliphatic heterocycles. The van der Waals surface area contributed by atoms with Crippen LogP contribution in [0.2, 0.25) is 0 Å². The molecule has 1 aliphatic rings. The molecule has 14 heavy (non-hydrogen) atoms. The van der Waals surface area contributed by atoms with Crippen molar-refractivity contribution in [1.29, 1.82) is 0 Å². The third kappa shape index (κ3) is 1.66. The van der Waals surface area contributed by atoms with Crippen LogP contribution in [0.5, 0.6) is 0 Å². The van der Waals surface area contributed by atoms with E-state index in [1.807, 2.05) is 0 Å². The number of rotatable bonds is 1. The van der Waals surface area contributed by atoms with Gasteiger partial charge in [0, 0.05) is 13.1 Å². The minimum absolute atomic E-state index is 0.135. The van der Waals surface area contributed by atoms with Gasteiger partial charge in [0.25, 0.3) is 0 Å². The SMILES string of the molecule is CC(C)C=c1sc(=O)n2c1=NCCC2. The zero-order valence-electron chi connectivity index (χ0n) is 8.49. The molecule has 0 aromatic carbocycles. The normalized spacial score (nSPS) is 16.9. The summed E-state index contributed by atoms with van der Waals surface area (Å²) < 4.78 is 2.84. The molecule has 0 bridgehead atoms. The van der Waals surface area contributed by atoms with Crippen molar-refractivity contribution in [2.75, 3.05) is 6.54 Å². The van der Waals surface area contributed by atoms with Gasteiger partial charge in [-0.1, -0.05) is 31.3 Å². The fraction of sp³-hybridized carbons (Fsp3) is 0.600. The largest absolute Gasteiger partial charge is 0.309 e. The van der Waals surface area contributed by atoms with Gasteiger partial charge in [0.15, 0.2) is 0 Å². The molecule has 0 saturated carbocycles. The Kier molecular flexibility index (Phi) is 2.54. The smallest absolute Gasteiger partial charge is 0.283 e. The maximum absolute atomic E-state index is 11.6. The Hall–Kier alpha value is -0.900. The first-order chi connectivity index (χ1) is 6.68. The molecule has 0 saturated heterocycles. The molecule has 0 unspecified atom stereocenters. The van der Waals surface area contributed by atoms with E-state index in [0.717, 1.165) is 29.5 Å². The molecule has 0 fully saturated rings. The van der Waals surface area contributed by atoms with E-state index in [1.165, 1.54) is 11.3 Å². The summed E-state index contributed by atoms with van der Waals surface area (Å²) in [5.74, 6) is 0.467. The lowest BCUT2D eigenvalue weighted by Crippen LogP contribution is -2.36. The van der Waals surface area contributed by atoms with Crippen LogP contribution >= 0.6 is 11.3 Å². The average Bonchev–Trinajstić information content (AvgIpc) is 2.44. The highest BCUT2D eigenvalue weighted by atomic mass is 32.1. The van der Waals surface area contributed by atoms with Gasteiger partial charge < -0.3 is 0 Å². The fourth-order valence-corrected chi connectivity index (χ4v) is 2.68. The number of hydrogen-bond acceptors (Lipinski definition) is 3. The minimum Gasteiger partial charge on any atom is -0.283 e. The molecule has 0 N–H and O–H groups in total. The van der Waals surface area contributed by atoms with Crippen LogP contribution in [0.15, 0.2) is 9.79 Å². The molecular formula is C10H14N2OS. The Labute approximate surface area is 86.4 Å². The summed E-state index contributed by atoms with van der Waals surface area (Å²) >= 11 is 1.32. The number of thiazole rings is 1. The molecule has 0 radical (unpaired) electrons. The van der Waals surface area contributed by atoms with Crippen LogP contribution in [0.3, 0.4) is 0 Å². The van der Waals surface area contributed by atoms with Gasteiger partial charge in [-0.2, -0.15) is 0 Å². The predicted octanol–water partition coefficient (Wildman–Crippen LogP) is 0.370. The van der Waals surface area contributed by atoms with Crippen molar-refractivity contribution in [3.05, 3.63) is 19.7 Å². The van der Waals surface area contributed by atoms with Crippen LogP contribution in [0, 0.1) is 5.92 Å². The van der Waals surface area contributed by atoms with Gasteiger partial charge in [0.1, 0.15) is 5.49 Å². The Morgan fingerprint density at radius 3 is 3.07 bits per heavy atom. The molecule has 0 amide bonds. The van der Waals surface area contributed by atoms with Crippen molar-refractivity contribution in [2.24, 2.45) is 10.9 Å².